The van der Waals surface area contributed by atoms with Gasteiger partial charge in [0, 0.05) is 29.9 Å². The molecule has 0 aliphatic heterocycles. The number of hydrogen-bond donors (Lipinski definition) is 2. The molecule has 18 heavy (non-hydrogen) atoms. The topological polar surface area (TPSA) is 72.9 Å². The summed E-state index contributed by atoms with van der Waals surface area (Å²) in [6.07, 6.45) is 4.48. The van der Waals surface area contributed by atoms with Crippen LogP contribution in [-0.4, -0.2) is 33.0 Å². The second kappa shape index (κ2) is 6.24. The fourth-order valence-corrected chi connectivity index (χ4v) is 2.84. The second-order valence-electron chi connectivity index (χ2n) is 4.94. The number of primary amides is 1. The van der Waals surface area contributed by atoms with Crippen LogP contribution in [0.5, 0.6) is 0 Å². The standard InChI is InChI=1S/C12H22N4OS/c1-9(2)15-12(3,11(13)17)5-6-18-10-7-14-16(4)8-10/h7-9,15H,5-6H2,1-4H3,(H2,13,17). The van der Waals surface area contributed by atoms with Crippen LogP contribution in [0.1, 0.15) is 27.2 Å². The van der Waals surface area contributed by atoms with Gasteiger partial charge in [0.25, 0.3) is 0 Å². The van der Waals surface area contributed by atoms with Crippen molar-refractivity contribution in [1.29, 1.82) is 0 Å². The summed E-state index contributed by atoms with van der Waals surface area (Å²) in [4.78, 5) is 12.6. The summed E-state index contributed by atoms with van der Waals surface area (Å²) < 4.78 is 1.77. The molecule has 1 amide bonds. The van der Waals surface area contributed by atoms with Gasteiger partial charge in [0.2, 0.25) is 5.91 Å². The number of rotatable bonds is 7. The molecule has 102 valence electrons. The van der Waals surface area contributed by atoms with E-state index in [1.54, 1.807) is 16.4 Å². The third-order valence-corrected chi connectivity index (χ3v) is 3.66. The highest BCUT2D eigenvalue weighted by atomic mass is 32.2. The highest BCUT2D eigenvalue weighted by molar-refractivity contribution is 7.99. The van der Waals surface area contributed by atoms with E-state index in [9.17, 15) is 4.79 Å². The number of carbonyl (C=O) groups excluding carboxylic acids is 1. The molecule has 0 saturated heterocycles. The number of carbonyl (C=O) groups is 1. The predicted molar refractivity (Wildman–Crippen MR) is 74.4 cm³/mol. The molecule has 1 rings (SSSR count). The van der Waals surface area contributed by atoms with Crippen molar-refractivity contribution in [2.24, 2.45) is 12.8 Å². The van der Waals surface area contributed by atoms with Crippen LogP contribution >= 0.6 is 11.8 Å². The SMILES string of the molecule is CC(C)NC(C)(CCSc1cnn(C)c1)C(N)=O. The molecular weight excluding hydrogens is 248 g/mol. The first kappa shape index (κ1) is 15.0. The predicted octanol–water partition coefficient (Wildman–Crippen LogP) is 1.14. The Labute approximate surface area is 112 Å². The lowest BCUT2D eigenvalue weighted by atomic mass is 9.97. The van der Waals surface area contributed by atoms with Crippen LogP contribution < -0.4 is 11.1 Å². The summed E-state index contributed by atoms with van der Waals surface area (Å²) in [5.41, 5.74) is 4.83. The van der Waals surface area contributed by atoms with Crippen molar-refractivity contribution in [1.82, 2.24) is 15.1 Å². The lowest BCUT2D eigenvalue weighted by Crippen LogP contribution is -2.55. The fourth-order valence-electron chi connectivity index (χ4n) is 1.75. The summed E-state index contributed by atoms with van der Waals surface area (Å²) >= 11 is 1.68. The summed E-state index contributed by atoms with van der Waals surface area (Å²) in [5, 5.41) is 7.34. The molecule has 0 aliphatic carbocycles. The summed E-state index contributed by atoms with van der Waals surface area (Å²) in [7, 11) is 1.89. The molecule has 0 spiro atoms. The van der Waals surface area contributed by atoms with Crippen LogP contribution in [0, 0.1) is 0 Å². The van der Waals surface area contributed by atoms with E-state index >= 15 is 0 Å². The van der Waals surface area contributed by atoms with Gasteiger partial charge >= 0.3 is 0 Å². The first-order valence-electron chi connectivity index (χ1n) is 6.02. The molecule has 1 aromatic heterocycles. The van der Waals surface area contributed by atoms with E-state index < -0.39 is 5.54 Å². The van der Waals surface area contributed by atoms with Crippen molar-refractivity contribution < 1.29 is 4.79 Å². The lowest BCUT2D eigenvalue weighted by molar-refractivity contribution is -0.124. The Morgan fingerprint density at radius 1 is 1.67 bits per heavy atom. The molecule has 0 saturated carbocycles. The van der Waals surface area contributed by atoms with Crippen LogP contribution in [0.2, 0.25) is 0 Å². The van der Waals surface area contributed by atoms with Gasteiger partial charge in [0.05, 0.1) is 11.7 Å². The zero-order chi connectivity index (χ0) is 13.8. The number of hydrogen-bond acceptors (Lipinski definition) is 4. The Hall–Kier alpha value is -1.01. The summed E-state index contributed by atoms with van der Waals surface area (Å²) in [6, 6.07) is 0.228. The maximum Gasteiger partial charge on any atom is 0.237 e. The molecule has 0 aromatic carbocycles. The molecular formula is C12H22N4OS. The molecule has 0 bridgehead atoms. The number of nitrogens with two attached hydrogens (primary N) is 1. The number of amides is 1. The number of nitrogens with one attached hydrogen (secondary N) is 1. The summed E-state index contributed by atoms with van der Waals surface area (Å²) in [5.74, 6) is 0.521. The maximum absolute atomic E-state index is 11.5. The maximum atomic E-state index is 11.5. The number of aromatic nitrogens is 2. The van der Waals surface area contributed by atoms with Crippen molar-refractivity contribution in [3.8, 4) is 0 Å². The van der Waals surface area contributed by atoms with Crippen molar-refractivity contribution in [2.45, 2.75) is 43.7 Å². The largest absolute Gasteiger partial charge is 0.368 e. The number of nitrogens with zero attached hydrogens (tertiary/aromatic N) is 2. The van der Waals surface area contributed by atoms with Gasteiger partial charge in [-0.15, -0.1) is 11.8 Å². The Morgan fingerprint density at radius 3 is 2.78 bits per heavy atom. The number of aryl methyl sites for hydroxylation is 1. The van der Waals surface area contributed by atoms with Gasteiger partial charge in [0.15, 0.2) is 0 Å². The zero-order valence-electron chi connectivity index (χ0n) is 11.4. The van der Waals surface area contributed by atoms with Gasteiger partial charge in [-0.3, -0.25) is 9.48 Å². The lowest BCUT2D eigenvalue weighted by Gasteiger charge is -2.29. The van der Waals surface area contributed by atoms with Gasteiger partial charge < -0.3 is 11.1 Å². The quantitative estimate of drug-likeness (QED) is 0.729. The van der Waals surface area contributed by atoms with Crippen molar-refractivity contribution >= 4 is 17.7 Å². The smallest absolute Gasteiger partial charge is 0.237 e. The van der Waals surface area contributed by atoms with E-state index in [-0.39, 0.29) is 11.9 Å². The molecule has 3 N–H and O–H groups in total. The third-order valence-electron chi connectivity index (χ3n) is 2.70. The molecule has 5 nitrogen and oxygen atoms in total. The van der Waals surface area contributed by atoms with Crippen LogP contribution in [0.25, 0.3) is 0 Å². The van der Waals surface area contributed by atoms with E-state index in [1.807, 2.05) is 40.2 Å². The average Bonchev–Trinajstić information content (AvgIpc) is 2.63. The molecule has 0 aliphatic rings. The monoisotopic (exact) mass is 270 g/mol. The van der Waals surface area contributed by atoms with E-state index in [0.717, 1.165) is 10.6 Å². The van der Waals surface area contributed by atoms with Crippen LogP contribution in [-0.2, 0) is 11.8 Å². The molecule has 0 radical (unpaired) electrons. The Kier molecular flexibility index (Phi) is 5.22. The van der Waals surface area contributed by atoms with Crippen LogP contribution in [0.3, 0.4) is 0 Å². The van der Waals surface area contributed by atoms with Gasteiger partial charge in [-0.1, -0.05) is 0 Å². The van der Waals surface area contributed by atoms with Crippen molar-refractivity contribution in [3.05, 3.63) is 12.4 Å². The first-order valence-corrected chi connectivity index (χ1v) is 7.01. The van der Waals surface area contributed by atoms with Crippen LogP contribution in [0.15, 0.2) is 17.3 Å². The molecule has 1 aromatic rings. The van der Waals surface area contributed by atoms with Crippen molar-refractivity contribution in [3.63, 3.8) is 0 Å². The van der Waals surface area contributed by atoms with E-state index in [2.05, 4.69) is 10.4 Å². The Bertz CT molecular complexity index is 405. The van der Waals surface area contributed by atoms with Crippen LogP contribution in [0.4, 0.5) is 0 Å². The normalized spacial score (nSPS) is 14.7. The first-order chi connectivity index (χ1) is 8.33. The molecule has 1 heterocycles. The third kappa shape index (κ3) is 4.34. The van der Waals surface area contributed by atoms with Crippen molar-refractivity contribution in [2.75, 3.05) is 5.75 Å². The summed E-state index contributed by atoms with van der Waals surface area (Å²) in [6.45, 7) is 5.88. The van der Waals surface area contributed by atoms with Gasteiger partial charge in [-0.2, -0.15) is 5.10 Å². The highest BCUT2D eigenvalue weighted by Gasteiger charge is 2.30. The highest BCUT2D eigenvalue weighted by Crippen LogP contribution is 2.21. The van der Waals surface area contributed by atoms with E-state index in [1.165, 1.54) is 0 Å². The Balaban J connectivity index is 2.50. The van der Waals surface area contributed by atoms with Gasteiger partial charge in [-0.25, -0.2) is 0 Å². The minimum atomic E-state index is -0.649. The fraction of sp³-hybridized carbons (Fsp3) is 0.667. The van der Waals surface area contributed by atoms with Gasteiger partial charge in [0.1, 0.15) is 0 Å². The van der Waals surface area contributed by atoms with E-state index in [0.29, 0.717) is 6.42 Å². The number of thioether (sulfide) groups is 1. The Morgan fingerprint density at radius 2 is 2.33 bits per heavy atom. The average molecular weight is 270 g/mol. The minimum absolute atomic E-state index is 0.228. The van der Waals surface area contributed by atoms with E-state index in [4.69, 9.17) is 5.73 Å². The minimum Gasteiger partial charge on any atom is -0.368 e. The molecule has 1 atom stereocenters. The molecule has 6 heteroatoms. The second-order valence-corrected chi connectivity index (χ2v) is 6.11. The molecule has 1 unspecified atom stereocenters. The molecule has 0 fully saturated rings. The zero-order valence-corrected chi connectivity index (χ0v) is 12.3. The van der Waals surface area contributed by atoms with Gasteiger partial charge in [-0.05, 0) is 27.2 Å².